The predicted octanol–water partition coefficient (Wildman–Crippen LogP) is 3.71. The van der Waals surface area contributed by atoms with Gasteiger partial charge >= 0.3 is 5.97 Å². The van der Waals surface area contributed by atoms with Crippen molar-refractivity contribution in [1.82, 2.24) is 10.3 Å². The summed E-state index contributed by atoms with van der Waals surface area (Å²) in [6.07, 6.45) is 0.622. The fourth-order valence-electron chi connectivity index (χ4n) is 3.48. The lowest BCUT2D eigenvalue weighted by Gasteiger charge is -2.30. The molecule has 0 aliphatic carbocycles. The van der Waals surface area contributed by atoms with Crippen LogP contribution in [0.2, 0.25) is 0 Å². The number of ether oxygens (including phenoxy) is 1. The van der Waals surface area contributed by atoms with E-state index < -0.39 is 0 Å². The molecule has 2 heterocycles. The number of carbonyl (C=O) groups excluding carboxylic acids is 1. The molecule has 0 amide bonds. The van der Waals surface area contributed by atoms with Crippen LogP contribution in [0.4, 0.5) is 0 Å². The Kier molecular flexibility index (Phi) is 3.90. The molecular formula is C19H17BrN2O2. The maximum absolute atomic E-state index is 12.2. The Bertz CT molecular complexity index is 919. The van der Waals surface area contributed by atoms with Gasteiger partial charge in [-0.15, -0.1) is 0 Å². The summed E-state index contributed by atoms with van der Waals surface area (Å²) in [7, 11) is 1.43. The number of rotatable bonds is 2. The fourth-order valence-corrected chi connectivity index (χ4v) is 3.89. The van der Waals surface area contributed by atoms with Crippen LogP contribution in [0.1, 0.15) is 22.9 Å². The molecule has 1 aliphatic heterocycles. The lowest BCUT2D eigenvalue weighted by Crippen LogP contribution is -2.45. The third-order valence-corrected chi connectivity index (χ3v) is 5.07. The summed E-state index contributed by atoms with van der Waals surface area (Å²) in [6.45, 7) is 0. The number of hydrogen-bond acceptors (Lipinski definition) is 3. The Morgan fingerprint density at radius 3 is 2.83 bits per heavy atom. The van der Waals surface area contributed by atoms with Gasteiger partial charge in [0, 0.05) is 27.5 Å². The first kappa shape index (κ1) is 15.4. The largest absolute Gasteiger partial charge is 0.468 e. The first-order valence-electron chi connectivity index (χ1n) is 7.86. The third-order valence-electron chi connectivity index (χ3n) is 4.58. The summed E-state index contributed by atoms with van der Waals surface area (Å²) in [5.41, 5.74) is 4.50. The maximum atomic E-state index is 12.2. The molecule has 0 unspecified atom stereocenters. The number of aromatic nitrogens is 1. The fraction of sp³-hybridized carbons (Fsp3) is 0.211. The summed E-state index contributed by atoms with van der Waals surface area (Å²) in [4.78, 5) is 15.7. The van der Waals surface area contributed by atoms with Crippen LogP contribution in [0.5, 0.6) is 0 Å². The van der Waals surface area contributed by atoms with E-state index in [1.807, 2.05) is 24.3 Å². The van der Waals surface area contributed by atoms with E-state index in [0.29, 0.717) is 6.42 Å². The van der Waals surface area contributed by atoms with Crippen molar-refractivity contribution in [2.75, 3.05) is 7.11 Å². The Morgan fingerprint density at radius 1 is 1.21 bits per heavy atom. The molecule has 4 nitrogen and oxygen atoms in total. The highest BCUT2D eigenvalue weighted by molar-refractivity contribution is 9.10. The maximum Gasteiger partial charge on any atom is 0.323 e. The number of benzene rings is 2. The van der Waals surface area contributed by atoms with Crippen LogP contribution in [0.25, 0.3) is 10.9 Å². The van der Waals surface area contributed by atoms with E-state index in [1.165, 1.54) is 18.1 Å². The quantitative estimate of drug-likeness (QED) is 0.662. The van der Waals surface area contributed by atoms with Gasteiger partial charge in [-0.05, 0) is 29.3 Å². The average Bonchev–Trinajstić information content (AvgIpc) is 2.99. The van der Waals surface area contributed by atoms with Crippen LogP contribution in [0.3, 0.4) is 0 Å². The summed E-state index contributed by atoms with van der Waals surface area (Å²) in [5.74, 6) is -0.231. The Balaban J connectivity index is 1.88. The zero-order chi connectivity index (χ0) is 16.7. The van der Waals surface area contributed by atoms with E-state index in [2.05, 4.69) is 50.5 Å². The van der Waals surface area contributed by atoms with E-state index in [-0.39, 0.29) is 18.1 Å². The van der Waals surface area contributed by atoms with Crippen molar-refractivity contribution in [2.45, 2.75) is 18.5 Å². The standard InChI is InChI=1S/C19H17BrN2O2/c1-24-19(23)16-10-14-13-7-2-3-8-15(13)21-18(14)17(22-16)11-5-4-6-12(20)9-11/h2-9,16-17,21-22H,10H2,1H3/t16-,17-/m1/s1. The molecule has 1 aliphatic rings. The van der Waals surface area contributed by atoms with Crippen LogP contribution in [-0.4, -0.2) is 24.1 Å². The van der Waals surface area contributed by atoms with Crippen molar-refractivity contribution in [3.05, 3.63) is 69.8 Å². The smallest absolute Gasteiger partial charge is 0.323 e. The van der Waals surface area contributed by atoms with Crippen LogP contribution >= 0.6 is 15.9 Å². The van der Waals surface area contributed by atoms with Gasteiger partial charge < -0.3 is 9.72 Å². The molecule has 2 N–H and O–H groups in total. The zero-order valence-electron chi connectivity index (χ0n) is 13.2. The van der Waals surface area contributed by atoms with Crippen molar-refractivity contribution in [3.8, 4) is 0 Å². The monoisotopic (exact) mass is 384 g/mol. The van der Waals surface area contributed by atoms with E-state index in [1.54, 1.807) is 0 Å². The van der Waals surface area contributed by atoms with Gasteiger partial charge in [-0.1, -0.05) is 46.3 Å². The molecule has 0 saturated heterocycles. The molecule has 4 rings (SSSR count). The van der Waals surface area contributed by atoms with Gasteiger partial charge in [-0.3, -0.25) is 10.1 Å². The molecule has 1 aromatic heterocycles. The minimum absolute atomic E-state index is 0.0808. The number of esters is 1. The van der Waals surface area contributed by atoms with Crippen molar-refractivity contribution in [3.63, 3.8) is 0 Å². The Morgan fingerprint density at radius 2 is 2.04 bits per heavy atom. The highest BCUT2D eigenvalue weighted by Gasteiger charge is 2.34. The number of aromatic amines is 1. The molecule has 0 bridgehead atoms. The Hall–Kier alpha value is -2.11. The number of para-hydroxylation sites is 1. The summed E-state index contributed by atoms with van der Waals surface area (Å²) >= 11 is 3.53. The van der Waals surface area contributed by atoms with Gasteiger partial charge in [-0.25, -0.2) is 0 Å². The van der Waals surface area contributed by atoms with Gasteiger partial charge in [0.05, 0.1) is 13.2 Å². The first-order chi connectivity index (χ1) is 11.7. The van der Waals surface area contributed by atoms with Crippen molar-refractivity contribution < 1.29 is 9.53 Å². The normalized spacial score (nSPS) is 19.9. The number of H-pyrrole nitrogens is 1. The lowest BCUT2D eigenvalue weighted by atomic mass is 9.90. The molecule has 0 spiro atoms. The van der Waals surface area contributed by atoms with Gasteiger partial charge in [0.2, 0.25) is 0 Å². The molecule has 122 valence electrons. The molecular weight excluding hydrogens is 368 g/mol. The Labute approximate surface area is 148 Å². The number of hydrogen-bond donors (Lipinski definition) is 2. The molecule has 2 aromatic carbocycles. The first-order valence-corrected chi connectivity index (χ1v) is 8.65. The van der Waals surface area contributed by atoms with Gasteiger partial charge in [0.15, 0.2) is 0 Å². The summed E-state index contributed by atoms with van der Waals surface area (Å²) < 4.78 is 5.99. The van der Waals surface area contributed by atoms with Crippen molar-refractivity contribution in [1.29, 1.82) is 0 Å². The topological polar surface area (TPSA) is 54.1 Å². The number of methoxy groups -OCH3 is 1. The third kappa shape index (κ3) is 2.54. The van der Waals surface area contributed by atoms with E-state index >= 15 is 0 Å². The molecule has 5 heteroatoms. The second kappa shape index (κ2) is 6.07. The predicted molar refractivity (Wildman–Crippen MR) is 96.9 cm³/mol. The van der Waals surface area contributed by atoms with Gasteiger partial charge in [0.25, 0.3) is 0 Å². The van der Waals surface area contributed by atoms with Crippen LogP contribution < -0.4 is 5.32 Å². The molecule has 0 radical (unpaired) electrons. The van der Waals surface area contributed by atoms with Crippen LogP contribution in [0, 0.1) is 0 Å². The van der Waals surface area contributed by atoms with Crippen LogP contribution in [-0.2, 0) is 16.0 Å². The number of fused-ring (bicyclic) bond motifs is 3. The van der Waals surface area contributed by atoms with Crippen LogP contribution in [0.15, 0.2) is 53.0 Å². The second-order valence-electron chi connectivity index (χ2n) is 6.00. The van der Waals surface area contributed by atoms with Gasteiger partial charge in [0.1, 0.15) is 6.04 Å². The van der Waals surface area contributed by atoms with E-state index in [0.717, 1.165) is 21.2 Å². The second-order valence-corrected chi connectivity index (χ2v) is 6.91. The van der Waals surface area contributed by atoms with Gasteiger partial charge in [-0.2, -0.15) is 0 Å². The number of nitrogens with one attached hydrogen (secondary N) is 2. The number of halogens is 1. The highest BCUT2D eigenvalue weighted by atomic mass is 79.9. The minimum Gasteiger partial charge on any atom is -0.468 e. The van der Waals surface area contributed by atoms with E-state index in [4.69, 9.17) is 4.74 Å². The molecule has 0 fully saturated rings. The highest BCUT2D eigenvalue weighted by Crippen LogP contribution is 2.35. The summed E-state index contributed by atoms with van der Waals surface area (Å²) in [5, 5.41) is 4.61. The lowest BCUT2D eigenvalue weighted by molar-refractivity contribution is -0.143. The SMILES string of the molecule is COC(=O)[C@H]1Cc2c([nH]c3ccccc23)[C@@H](c2cccc(Br)c2)N1. The number of carbonyl (C=O) groups is 1. The minimum atomic E-state index is -0.356. The van der Waals surface area contributed by atoms with Crippen molar-refractivity contribution >= 4 is 32.8 Å². The summed E-state index contributed by atoms with van der Waals surface area (Å²) in [6, 6.07) is 15.9. The molecule has 0 saturated carbocycles. The van der Waals surface area contributed by atoms with E-state index in [9.17, 15) is 4.79 Å². The average molecular weight is 385 g/mol. The zero-order valence-corrected chi connectivity index (χ0v) is 14.8. The van der Waals surface area contributed by atoms with Crippen molar-refractivity contribution in [2.24, 2.45) is 0 Å². The molecule has 24 heavy (non-hydrogen) atoms. The molecule has 2 atom stereocenters. The molecule has 3 aromatic rings.